The van der Waals surface area contributed by atoms with Crippen LogP contribution in [0.5, 0.6) is 0 Å². The number of rotatable bonds is 5. The number of hydrogen-bond acceptors (Lipinski definition) is 4. The highest BCUT2D eigenvalue weighted by atomic mass is 35.5. The van der Waals surface area contributed by atoms with Crippen LogP contribution in [0.3, 0.4) is 0 Å². The molecule has 0 aliphatic carbocycles. The predicted molar refractivity (Wildman–Crippen MR) is 70.9 cm³/mol. The van der Waals surface area contributed by atoms with Crippen molar-refractivity contribution >= 4 is 23.2 Å². The molecule has 4 nitrogen and oxygen atoms in total. The lowest BCUT2D eigenvalue weighted by Gasteiger charge is -2.15. The second-order valence-electron chi connectivity index (χ2n) is 3.93. The monoisotopic (exact) mass is 285 g/mol. The summed E-state index contributed by atoms with van der Waals surface area (Å²) in [5.41, 5.74) is 1.02. The van der Waals surface area contributed by atoms with Crippen molar-refractivity contribution in [1.29, 1.82) is 0 Å². The molecule has 1 aromatic heterocycles. The quantitative estimate of drug-likeness (QED) is 0.916. The molecule has 2 rings (SSSR count). The van der Waals surface area contributed by atoms with Crippen LogP contribution in [0, 0.1) is 0 Å². The summed E-state index contributed by atoms with van der Waals surface area (Å²) in [6.45, 7) is 2.78. The van der Waals surface area contributed by atoms with Crippen molar-refractivity contribution in [3.63, 3.8) is 0 Å². The molecule has 0 aliphatic heterocycles. The summed E-state index contributed by atoms with van der Waals surface area (Å²) in [5, 5.41) is 8.20. The van der Waals surface area contributed by atoms with E-state index in [4.69, 9.17) is 27.7 Å². The first-order valence-corrected chi connectivity index (χ1v) is 6.36. The molecule has 1 aromatic carbocycles. The third-order valence-electron chi connectivity index (χ3n) is 2.63. The topological polar surface area (TPSA) is 51.0 Å². The van der Waals surface area contributed by atoms with E-state index in [2.05, 4.69) is 15.5 Å². The van der Waals surface area contributed by atoms with E-state index in [1.165, 1.54) is 6.33 Å². The standard InChI is InChI=1S/C12H13Cl2N3O/c1-8(10-3-2-9(13)6-11(10)14)15-5-4-12-16-7-17-18-12/h2-3,6-8,15H,4-5H2,1H3. The van der Waals surface area contributed by atoms with E-state index < -0.39 is 0 Å². The number of aromatic nitrogens is 2. The Hall–Kier alpha value is -1.10. The van der Waals surface area contributed by atoms with Crippen molar-refractivity contribution in [2.45, 2.75) is 19.4 Å². The van der Waals surface area contributed by atoms with Crippen LogP contribution in [0.15, 0.2) is 29.0 Å². The van der Waals surface area contributed by atoms with Crippen LogP contribution in [-0.2, 0) is 6.42 Å². The Kier molecular flexibility index (Phi) is 4.58. The normalized spacial score (nSPS) is 12.6. The van der Waals surface area contributed by atoms with Gasteiger partial charge in [0, 0.05) is 29.1 Å². The number of hydrogen-bond donors (Lipinski definition) is 1. The lowest BCUT2D eigenvalue weighted by atomic mass is 10.1. The minimum atomic E-state index is 0.137. The molecule has 0 fully saturated rings. The first-order chi connectivity index (χ1) is 8.66. The maximum absolute atomic E-state index is 6.14. The summed E-state index contributed by atoms with van der Waals surface area (Å²) in [5.74, 6) is 0.622. The van der Waals surface area contributed by atoms with Gasteiger partial charge in [0.15, 0.2) is 6.33 Å². The highest BCUT2D eigenvalue weighted by Gasteiger charge is 2.09. The van der Waals surface area contributed by atoms with Gasteiger partial charge in [-0.1, -0.05) is 34.4 Å². The summed E-state index contributed by atoms with van der Waals surface area (Å²) >= 11 is 12.0. The van der Waals surface area contributed by atoms with Crippen molar-refractivity contribution < 1.29 is 4.52 Å². The minimum Gasteiger partial charge on any atom is -0.340 e. The molecule has 0 radical (unpaired) electrons. The van der Waals surface area contributed by atoms with Gasteiger partial charge in [0.05, 0.1) is 0 Å². The molecule has 0 amide bonds. The summed E-state index contributed by atoms with van der Waals surface area (Å²) < 4.78 is 4.92. The molecule has 6 heteroatoms. The summed E-state index contributed by atoms with van der Waals surface area (Å²) in [6.07, 6.45) is 2.09. The Bertz CT molecular complexity index is 502. The Morgan fingerprint density at radius 3 is 2.89 bits per heavy atom. The fourth-order valence-corrected chi connectivity index (χ4v) is 2.24. The minimum absolute atomic E-state index is 0.137. The Labute approximate surface area is 115 Å². The fraction of sp³-hybridized carbons (Fsp3) is 0.333. The Morgan fingerprint density at radius 2 is 2.22 bits per heavy atom. The molecule has 1 atom stereocenters. The summed E-state index contributed by atoms with van der Waals surface area (Å²) in [6, 6.07) is 5.64. The highest BCUT2D eigenvalue weighted by Crippen LogP contribution is 2.25. The smallest absolute Gasteiger partial charge is 0.227 e. The van der Waals surface area contributed by atoms with Crippen molar-refractivity contribution in [3.05, 3.63) is 46.0 Å². The van der Waals surface area contributed by atoms with Crippen molar-refractivity contribution in [3.8, 4) is 0 Å². The van der Waals surface area contributed by atoms with Crippen molar-refractivity contribution in [2.24, 2.45) is 0 Å². The molecule has 1 heterocycles. The van der Waals surface area contributed by atoms with Crippen LogP contribution in [0.1, 0.15) is 24.4 Å². The van der Waals surface area contributed by atoms with E-state index in [0.717, 1.165) is 12.1 Å². The van der Waals surface area contributed by atoms with Gasteiger partial charge in [-0.25, -0.2) is 0 Å². The lowest BCUT2D eigenvalue weighted by Crippen LogP contribution is -2.21. The van der Waals surface area contributed by atoms with E-state index in [1.54, 1.807) is 6.07 Å². The highest BCUT2D eigenvalue weighted by molar-refractivity contribution is 6.35. The third kappa shape index (κ3) is 3.45. The second-order valence-corrected chi connectivity index (χ2v) is 4.77. The van der Waals surface area contributed by atoms with Gasteiger partial charge in [-0.05, 0) is 24.6 Å². The maximum Gasteiger partial charge on any atom is 0.227 e. The molecule has 1 N–H and O–H groups in total. The number of nitrogens with one attached hydrogen (secondary N) is 1. The van der Waals surface area contributed by atoms with E-state index in [1.807, 2.05) is 19.1 Å². The Balaban J connectivity index is 1.89. The van der Waals surface area contributed by atoms with Crippen LogP contribution < -0.4 is 5.32 Å². The lowest BCUT2D eigenvalue weighted by molar-refractivity contribution is 0.372. The molecule has 2 aromatic rings. The van der Waals surface area contributed by atoms with Crippen LogP contribution in [0.2, 0.25) is 10.0 Å². The SMILES string of the molecule is CC(NCCc1ncno1)c1ccc(Cl)cc1Cl. The van der Waals surface area contributed by atoms with Crippen LogP contribution in [0.25, 0.3) is 0 Å². The molecule has 1 unspecified atom stereocenters. The molecule has 0 saturated heterocycles. The zero-order valence-corrected chi connectivity index (χ0v) is 11.4. The van der Waals surface area contributed by atoms with Gasteiger partial charge in [0.1, 0.15) is 0 Å². The van der Waals surface area contributed by atoms with Crippen LogP contribution in [0.4, 0.5) is 0 Å². The average Bonchev–Trinajstić information content (AvgIpc) is 2.81. The molecule has 0 aliphatic rings. The molecule has 0 bridgehead atoms. The number of halogens is 2. The average molecular weight is 286 g/mol. The molecular weight excluding hydrogens is 273 g/mol. The predicted octanol–water partition coefficient (Wildman–Crippen LogP) is 3.27. The number of nitrogens with zero attached hydrogens (tertiary/aromatic N) is 2. The van der Waals surface area contributed by atoms with Crippen molar-refractivity contribution in [2.75, 3.05) is 6.54 Å². The summed E-state index contributed by atoms with van der Waals surface area (Å²) in [4.78, 5) is 3.95. The zero-order chi connectivity index (χ0) is 13.0. The third-order valence-corrected chi connectivity index (χ3v) is 3.19. The zero-order valence-electron chi connectivity index (χ0n) is 9.86. The molecule has 0 saturated carbocycles. The molecule has 0 spiro atoms. The van der Waals surface area contributed by atoms with Gasteiger partial charge < -0.3 is 9.84 Å². The van der Waals surface area contributed by atoms with Gasteiger partial charge >= 0.3 is 0 Å². The maximum atomic E-state index is 6.14. The second kappa shape index (κ2) is 6.18. The number of benzene rings is 1. The van der Waals surface area contributed by atoms with E-state index in [0.29, 0.717) is 22.4 Å². The fourth-order valence-electron chi connectivity index (χ4n) is 1.66. The van der Waals surface area contributed by atoms with Crippen LogP contribution >= 0.6 is 23.2 Å². The molecule has 96 valence electrons. The van der Waals surface area contributed by atoms with E-state index in [9.17, 15) is 0 Å². The molecular formula is C12H13Cl2N3O. The van der Waals surface area contributed by atoms with Gasteiger partial charge in [0.25, 0.3) is 0 Å². The van der Waals surface area contributed by atoms with Gasteiger partial charge in [0.2, 0.25) is 5.89 Å². The van der Waals surface area contributed by atoms with E-state index >= 15 is 0 Å². The largest absolute Gasteiger partial charge is 0.340 e. The van der Waals surface area contributed by atoms with Gasteiger partial charge in [-0.15, -0.1) is 0 Å². The first kappa shape index (κ1) is 13.3. The Morgan fingerprint density at radius 1 is 1.39 bits per heavy atom. The van der Waals surface area contributed by atoms with Gasteiger partial charge in [-0.3, -0.25) is 0 Å². The molecule has 18 heavy (non-hydrogen) atoms. The van der Waals surface area contributed by atoms with Crippen molar-refractivity contribution in [1.82, 2.24) is 15.5 Å². The summed E-state index contributed by atoms with van der Waals surface area (Å²) in [7, 11) is 0. The van der Waals surface area contributed by atoms with E-state index in [-0.39, 0.29) is 6.04 Å². The first-order valence-electron chi connectivity index (χ1n) is 5.60. The van der Waals surface area contributed by atoms with Gasteiger partial charge in [-0.2, -0.15) is 4.98 Å². The van der Waals surface area contributed by atoms with Crippen LogP contribution in [-0.4, -0.2) is 16.7 Å².